The lowest BCUT2D eigenvalue weighted by molar-refractivity contribution is 0.0948. The number of anilines is 1. The average molecular weight is 445 g/mol. The van der Waals surface area contributed by atoms with Crippen LogP contribution in [0, 0.1) is 6.92 Å². The number of aryl methyl sites for hydroxylation is 1. The summed E-state index contributed by atoms with van der Waals surface area (Å²) in [4.78, 5) is 21.8. The maximum Gasteiger partial charge on any atom is 0.251 e. The lowest BCUT2D eigenvalue weighted by Crippen LogP contribution is -2.48. The molecule has 0 radical (unpaired) electrons. The number of fused-ring (bicyclic) bond motifs is 1. The molecule has 0 saturated carbocycles. The lowest BCUT2D eigenvalue weighted by atomic mass is 10.2. The van der Waals surface area contributed by atoms with Gasteiger partial charge in [-0.15, -0.1) is 0 Å². The molecule has 0 spiro atoms. The number of halogens is 1. The highest BCUT2D eigenvalue weighted by Crippen LogP contribution is 2.36. The molecular weight excluding hydrogens is 420 g/mol. The predicted molar refractivity (Wildman–Crippen MR) is 123 cm³/mol. The van der Waals surface area contributed by atoms with Gasteiger partial charge in [0, 0.05) is 49.9 Å². The molecule has 1 saturated heterocycles. The van der Waals surface area contributed by atoms with Crippen molar-refractivity contribution in [2.75, 3.05) is 51.3 Å². The first-order valence-corrected chi connectivity index (χ1v) is 11.2. The molecule has 1 aliphatic rings. The summed E-state index contributed by atoms with van der Waals surface area (Å²) < 4.78 is 6.67. The van der Waals surface area contributed by atoms with Crippen LogP contribution in [0.25, 0.3) is 10.2 Å². The zero-order valence-electron chi connectivity index (χ0n) is 17.2. The Hall–Kier alpha value is -2.35. The zero-order valence-corrected chi connectivity index (χ0v) is 18.7. The van der Waals surface area contributed by atoms with Crippen molar-refractivity contribution >= 4 is 44.2 Å². The van der Waals surface area contributed by atoms with Crippen LogP contribution in [0.3, 0.4) is 0 Å². The highest BCUT2D eigenvalue weighted by molar-refractivity contribution is 7.22. The Morgan fingerprint density at radius 2 is 1.90 bits per heavy atom. The summed E-state index contributed by atoms with van der Waals surface area (Å²) in [5.74, 6) is 0.761. The van der Waals surface area contributed by atoms with Crippen molar-refractivity contribution in [1.82, 2.24) is 15.2 Å². The normalized spacial score (nSPS) is 14.8. The van der Waals surface area contributed by atoms with Gasteiger partial charge in [-0.05, 0) is 42.8 Å². The van der Waals surface area contributed by atoms with Crippen LogP contribution in [-0.2, 0) is 0 Å². The number of nitrogens with one attached hydrogen (secondary N) is 1. The summed E-state index contributed by atoms with van der Waals surface area (Å²) in [6.07, 6.45) is 0. The summed E-state index contributed by atoms with van der Waals surface area (Å²) in [7, 11) is 1.69. The van der Waals surface area contributed by atoms with Crippen molar-refractivity contribution < 1.29 is 9.53 Å². The third-order valence-electron chi connectivity index (χ3n) is 5.37. The Labute approximate surface area is 185 Å². The number of nitrogens with zero attached hydrogens (tertiary/aromatic N) is 3. The fraction of sp³-hybridized carbons (Fsp3) is 0.364. The van der Waals surface area contributed by atoms with E-state index in [-0.39, 0.29) is 5.91 Å². The third kappa shape index (κ3) is 4.53. The number of rotatable bonds is 6. The van der Waals surface area contributed by atoms with Crippen molar-refractivity contribution in [1.29, 1.82) is 0 Å². The van der Waals surface area contributed by atoms with Crippen LogP contribution in [0.2, 0.25) is 5.02 Å². The van der Waals surface area contributed by atoms with Gasteiger partial charge in [-0.3, -0.25) is 9.69 Å². The van der Waals surface area contributed by atoms with E-state index in [4.69, 9.17) is 21.3 Å². The second kappa shape index (κ2) is 9.20. The molecule has 1 amide bonds. The second-order valence-corrected chi connectivity index (χ2v) is 8.76. The molecule has 8 heteroatoms. The zero-order chi connectivity index (χ0) is 21.1. The fourth-order valence-corrected chi connectivity index (χ4v) is 4.82. The first kappa shape index (κ1) is 20.9. The van der Waals surface area contributed by atoms with Crippen molar-refractivity contribution in [3.63, 3.8) is 0 Å². The molecule has 2 heterocycles. The number of aromatic nitrogens is 1. The van der Waals surface area contributed by atoms with E-state index in [1.54, 1.807) is 42.7 Å². The third-order valence-corrected chi connectivity index (χ3v) is 6.88. The summed E-state index contributed by atoms with van der Waals surface area (Å²) in [5, 5.41) is 4.66. The van der Waals surface area contributed by atoms with Gasteiger partial charge in [0.15, 0.2) is 5.13 Å². The van der Waals surface area contributed by atoms with Crippen molar-refractivity contribution in [2.24, 2.45) is 0 Å². The minimum Gasteiger partial charge on any atom is -0.494 e. The van der Waals surface area contributed by atoms with E-state index in [0.29, 0.717) is 17.1 Å². The Morgan fingerprint density at radius 1 is 1.17 bits per heavy atom. The number of hydrogen-bond donors (Lipinski definition) is 1. The molecule has 0 aliphatic carbocycles. The number of carbonyl (C=O) groups excluding carboxylic acids is 1. The van der Waals surface area contributed by atoms with Gasteiger partial charge < -0.3 is 15.0 Å². The van der Waals surface area contributed by atoms with E-state index in [1.165, 1.54) is 10.3 Å². The van der Waals surface area contributed by atoms with Gasteiger partial charge in [-0.25, -0.2) is 4.98 Å². The number of amides is 1. The highest BCUT2D eigenvalue weighted by atomic mass is 35.5. The van der Waals surface area contributed by atoms with E-state index in [2.05, 4.69) is 28.1 Å². The first-order valence-electron chi connectivity index (χ1n) is 10.0. The minimum absolute atomic E-state index is 0.0657. The summed E-state index contributed by atoms with van der Waals surface area (Å²) >= 11 is 7.60. The second-order valence-electron chi connectivity index (χ2n) is 7.35. The van der Waals surface area contributed by atoms with Crippen molar-refractivity contribution in [3.05, 3.63) is 52.5 Å². The van der Waals surface area contributed by atoms with Gasteiger partial charge in [-0.1, -0.05) is 29.0 Å². The maximum absolute atomic E-state index is 12.2. The van der Waals surface area contributed by atoms with Crippen molar-refractivity contribution in [2.45, 2.75) is 6.92 Å². The molecule has 158 valence electrons. The van der Waals surface area contributed by atoms with Crippen LogP contribution in [0.5, 0.6) is 5.75 Å². The first-order chi connectivity index (χ1) is 14.5. The van der Waals surface area contributed by atoms with Crippen LogP contribution in [0.4, 0.5) is 5.13 Å². The molecule has 1 fully saturated rings. The fourth-order valence-electron chi connectivity index (χ4n) is 3.59. The largest absolute Gasteiger partial charge is 0.494 e. The SMILES string of the molecule is COc1ccc(C)c2sc(N3CCN(CCNC(=O)c4ccc(Cl)cc4)CC3)nc12. The molecule has 3 aromatic rings. The molecule has 1 N–H and O–H groups in total. The maximum atomic E-state index is 12.2. The minimum atomic E-state index is -0.0657. The van der Waals surface area contributed by atoms with E-state index in [9.17, 15) is 4.79 Å². The Balaban J connectivity index is 1.29. The van der Waals surface area contributed by atoms with Crippen LogP contribution < -0.4 is 15.0 Å². The molecule has 2 aromatic carbocycles. The molecule has 30 heavy (non-hydrogen) atoms. The van der Waals surface area contributed by atoms with Crippen LogP contribution in [0.1, 0.15) is 15.9 Å². The Morgan fingerprint density at radius 3 is 2.60 bits per heavy atom. The quantitative estimate of drug-likeness (QED) is 0.626. The number of methoxy groups -OCH3 is 1. The van der Waals surface area contributed by atoms with Crippen molar-refractivity contribution in [3.8, 4) is 5.75 Å². The van der Waals surface area contributed by atoms with Gasteiger partial charge in [0.2, 0.25) is 0 Å². The molecule has 0 bridgehead atoms. The number of thiazole rings is 1. The summed E-state index contributed by atoms with van der Waals surface area (Å²) in [6.45, 7) is 7.31. The number of hydrogen-bond acceptors (Lipinski definition) is 6. The standard InChI is InChI=1S/C22H25ClN4O2S/c1-15-3-8-18(29-2)19-20(15)30-22(25-19)27-13-11-26(12-14-27)10-9-24-21(28)16-4-6-17(23)7-5-16/h3-8H,9-14H2,1-2H3,(H,24,28). The van der Waals surface area contributed by atoms with E-state index < -0.39 is 0 Å². The summed E-state index contributed by atoms with van der Waals surface area (Å²) in [6, 6.07) is 11.0. The van der Waals surface area contributed by atoms with E-state index >= 15 is 0 Å². The molecule has 4 rings (SSSR count). The topological polar surface area (TPSA) is 57.7 Å². The van der Waals surface area contributed by atoms with Gasteiger partial charge in [0.1, 0.15) is 11.3 Å². The Bertz CT molecular complexity index is 1030. The van der Waals surface area contributed by atoms with Gasteiger partial charge in [0.05, 0.1) is 11.8 Å². The number of benzene rings is 2. The molecule has 6 nitrogen and oxygen atoms in total. The van der Waals surface area contributed by atoms with Gasteiger partial charge in [0.25, 0.3) is 5.91 Å². The highest BCUT2D eigenvalue weighted by Gasteiger charge is 2.21. The number of carbonyl (C=O) groups is 1. The summed E-state index contributed by atoms with van der Waals surface area (Å²) in [5.41, 5.74) is 2.81. The number of piperazine rings is 1. The molecule has 1 aromatic heterocycles. The van der Waals surface area contributed by atoms with Crippen LogP contribution in [0.15, 0.2) is 36.4 Å². The monoisotopic (exact) mass is 444 g/mol. The average Bonchev–Trinajstić information content (AvgIpc) is 3.21. The van der Waals surface area contributed by atoms with E-state index in [0.717, 1.165) is 49.1 Å². The van der Waals surface area contributed by atoms with Gasteiger partial charge >= 0.3 is 0 Å². The number of ether oxygens (including phenoxy) is 1. The van der Waals surface area contributed by atoms with Crippen LogP contribution >= 0.6 is 22.9 Å². The van der Waals surface area contributed by atoms with Gasteiger partial charge in [-0.2, -0.15) is 0 Å². The molecule has 1 aliphatic heterocycles. The molecular formula is C22H25ClN4O2S. The van der Waals surface area contributed by atoms with E-state index in [1.807, 2.05) is 6.07 Å². The lowest BCUT2D eigenvalue weighted by Gasteiger charge is -2.34. The smallest absolute Gasteiger partial charge is 0.251 e. The Kier molecular flexibility index (Phi) is 6.41. The van der Waals surface area contributed by atoms with Crippen LogP contribution in [-0.4, -0.2) is 62.2 Å². The molecule has 0 unspecified atom stereocenters. The molecule has 0 atom stereocenters. The predicted octanol–water partition coefficient (Wildman–Crippen LogP) is 3.82.